The van der Waals surface area contributed by atoms with Crippen LogP contribution in [-0.4, -0.2) is 16.6 Å². The van der Waals surface area contributed by atoms with Crippen LogP contribution >= 0.6 is 11.3 Å². The number of halogens is 1. The SMILES string of the molecule is Cc1ccc(C2=NN(C(=O)c3cccs3)[C@H](c3ccccc3F)C2)cc1. The molecular weight excluding hydrogens is 347 g/mol. The van der Waals surface area contributed by atoms with E-state index in [0.29, 0.717) is 16.9 Å². The molecule has 1 aliphatic heterocycles. The molecule has 0 bridgehead atoms. The van der Waals surface area contributed by atoms with E-state index in [9.17, 15) is 9.18 Å². The lowest BCUT2D eigenvalue weighted by atomic mass is 9.97. The average molecular weight is 364 g/mol. The summed E-state index contributed by atoms with van der Waals surface area (Å²) in [4.78, 5) is 13.5. The van der Waals surface area contributed by atoms with Crippen LogP contribution in [0.15, 0.2) is 71.1 Å². The van der Waals surface area contributed by atoms with Crippen LogP contribution in [0.1, 0.15) is 38.8 Å². The first-order valence-electron chi connectivity index (χ1n) is 8.39. The van der Waals surface area contributed by atoms with E-state index < -0.39 is 6.04 Å². The van der Waals surface area contributed by atoms with Crippen molar-refractivity contribution in [3.63, 3.8) is 0 Å². The van der Waals surface area contributed by atoms with Crippen molar-refractivity contribution in [1.82, 2.24) is 5.01 Å². The van der Waals surface area contributed by atoms with Gasteiger partial charge in [-0.3, -0.25) is 4.79 Å². The second kappa shape index (κ2) is 6.84. The summed E-state index contributed by atoms with van der Waals surface area (Å²) in [5.74, 6) is -0.516. The number of hydrogen-bond acceptors (Lipinski definition) is 3. The van der Waals surface area contributed by atoms with Crippen LogP contribution in [0.4, 0.5) is 4.39 Å². The van der Waals surface area contributed by atoms with Crippen molar-refractivity contribution in [2.24, 2.45) is 5.10 Å². The third kappa shape index (κ3) is 3.06. The lowest BCUT2D eigenvalue weighted by molar-refractivity contribution is 0.0713. The molecule has 130 valence electrons. The standard InChI is InChI=1S/C21H17FN2OS/c1-14-8-10-15(11-9-14)18-13-19(16-5-2-3-6-17(16)22)24(23-18)21(25)20-7-4-12-26-20/h2-12,19H,13H2,1H3/t19-/m0/s1. The first kappa shape index (κ1) is 16.7. The van der Waals surface area contributed by atoms with Gasteiger partial charge in [-0.1, -0.05) is 54.1 Å². The van der Waals surface area contributed by atoms with Gasteiger partial charge in [0, 0.05) is 12.0 Å². The van der Waals surface area contributed by atoms with Gasteiger partial charge in [0.1, 0.15) is 5.82 Å². The monoisotopic (exact) mass is 364 g/mol. The van der Waals surface area contributed by atoms with Crippen molar-refractivity contribution >= 4 is 23.0 Å². The molecule has 0 fully saturated rings. The number of carbonyl (C=O) groups is 1. The molecule has 0 radical (unpaired) electrons. The maximum atomic E-state index is 14.4. The zero-order chi connectivity index (χ0) is 18.1. The van der Waals surface area contributed by atoms with Gasteiger partial charge in [-0.15, -0.1) is 11.3 Å². The molecule has 4 rings (SSSR count). The molecular formula is C21H17FN2OS. The van der Waals surface area contributed by atoms with Crippen molar-refractivity contribution < 1.29 is 9.18 Å². The van der Waals surface area contributed by atoms with Crippen LogP contribution in [0.2, 0.25) is 0 Å². The molecule has 5 heteroatoms. The molecule has 1 atom stereocenters. The first-order chi connectivity index (χ1) is 12.6. The van der Waals surface area contributed by atoms with Gasteiger partial charge in [-0.05, 0) is 30.0 Å². The number of hydrogen-bond donors (Lipinski definition) is 0. The number of thiophene rings is 1. The zero-order valence-corrected chi connectivity index (χ0v) is 15.0. The van der Waals surface area contributed by atoms with Gasteiger partial charge in [0.2, 0.25) is 0 Å². The van der Waals surface area contributed by atoms with E-state index in [0.717, 1.165) is 16.8 Å². The smallest absolute Gasteiger partial charge is 0.266 e. The van der Waals surface area contributed by atoms with Gasteiger partial charge in [0.15, 0.2) is 0 Å². The largest absolute Gasteiger partial charge is 0.284 e. The zero-order valence-electron chi connectivity index (χ0n) is 14.2. The maximum absolute atomic E-state index is 14.4. The minimum absolute atomic E-state index is 0.199. The number of aryl methyl sites for hydroxylation is 1. The summed E-state index contributed by atoms with van der Waals surface area (Å²) < 4.78 is 14.4. The highest BCUT2D eigenvalue weighted by molar-refractivity contribution is 7.12. The van der Waals surface area contributed by atoms with Crippen LogP contribution in [0.25, 0.3) is 0 Å². The van der Waals surface area contributed by atoms with Crippen molar-refractivity contribution in [3.05, 3.63) is 93.4 Å². The summed E-state index contributed by atoms with van der Waals surface area (Å²) >= 11 is 1.36. The second-order valence-electron chi connectivity index (χ2n) is 6.28. The van der Waals surface area contributed by atoms with Crippen molar-refractivity contribution in [2.45, 2.75) is 19.4 Å². The highest BCUT2D eigenvalue weighted by Crippen LogP contribution is 2.35. The van der Waals surface area contributed by atoms with Crippen LogP contribution in [0, 0.1) is 12.7 Å². The highest BCUT2D eigenvalue weighted by atomic mass is 32.1. The fourth-order valence-electron chi connectivity index (χ4n) is 3.12. The normalized spacial score (nSPS) is 16.6. The Bertz CT molecular complexity index is 964. The Morgan fingerprint density at radius 3 is 2.58 bits per heavy atom. The summed E-state index contributed by atoms with van der Waals surface area (Å²) in [7, 11) is 0. The van der Waals surface area contributed by atoms with Gasteiger partial charge in [-0.25, -0.2) is 9.40 Å². The molecule has 3 aromatic rings. The fourth-order valence-corrected chi connectivity index (χ4v) is 3.77. The van der Waals surface area contributed by atoms with Crippen molar-refractivity contribution in [1.29, 1.82) is 0 Å². The van der Waals surface area contributed by atoms with E-state index >= 15 is 0 Å². The first-order valence-corrected chi connectivity index (χ1v) is 9.27. The van der Waals surface area contributed by atoms with Gasteiger partial charge < -0.3 is 0 Å². The van der Waals surface area contributed by atoms with E-state index in [-0.39, 0.29) is 11.7 Å². The minimum Gasteiger partial charge on any atom is -0.266 e. The molecule has 0 N–H and O–H groups in total. The topological polar surface area (TPSA) is 32.7 Å². The number of nitrogens with zero attached hydrogens (tertiary/aromatic N) is 2. The molecule has 0 spiro atoms. The summed E-state index contributed by atoms with van der Waals surface area (Å²) in [6, 6.07) is 17.8. The molecule has 26 heavy (non-hydrogen) atoms. The second-order valence-corrected chi connectivity index (χ2v) is 7.23. The summed E-state index contributed by atoms with van der Waals surface area (Å²) in [5.41, 5.74) is 3.40. The number of carbonyl (C=O) groups excluding carboxylic acids is 1. The van der Waals surface area contributed by atoms with Gasteiger partial charge >= 0.3 is 0 Å². The minimum atomic E-state index is -0.442. The molecule has 0 saturated heterocycles. The average Bonchev–Trinajstić information content (AvgIpc) is 3.32. The molecule has 2 aromatic carbocycles. The van der Waals surface area contributed by atoms with E-state index in [1.165, 1.54) is 22.4 Å². The summed E-state index contributed by atoms with van der Waals surface area (Å²) in [6.45, 7) is 2.02. The summed E-state index contributed by atoms with van der Waals surface area (Å²) in [6.07, 6.45) is 0.487. The number of rotatable bonds is 3. The van der Waals surface area contributed by atoms with Gasteiger partial charge in [0.05, 0.1) is 16.6 Å². The van der Waals surface area contributed by atoms with E-state index in [2.05, 4.69) is 5.10 Å². The number of benzene rings is 2. The molecule has 1 aromatic heterocycles. The van der Waals surface area contributed by atoms with Gasteiger partial charge in [-0.2, -0.15) is 5.10 Å². The van der Waals surface area contributed by atoms with E-state index in [1.54, 1.807) is 24.3 Å². The highest BCUT2D eigenvalue weighted by Gasteiger charge is 2.35. The lowest BCUT2D eigenvalue weighted by Crippen LogP contribution is -2.27. The molecule has 2 heterocycles. The Hall–Kier alpha value is -2.79. The Kier molecular flexibility index (Phi) is 4.39. The van der Waals surface area contributed by atoms with Crippen LogP contribution in [0.3, 0.4) is 0 Å². The lowest BCUT2D eigenvalue weighted by Gasteiger charge is -2.21. The number of amides is 1. The molecule has 1 aliphatic rings. The predicted molar refractivity (Wildman–Crippen MR) is 102 cm³/mol. The van der Waals surface area contributed by atoms with E-state index in [1.807, 2.05) is 42.6 Å². The molecule has 0 aliphatic carbocycles. The molecule has 3 nitrogen and oxygen atoms in total. The molecule has 1 amide bonds. The number of hydrazone groups is 1. The van der Waals surface area contributed by atoms with E-state index in [4.69, 9.17) is 0 Å². The Morgan fingerprint density at radius 2 is 1.88 bits per heavy atom. The maximum Gasteiger partial charge on any atom is 0.284 e. The predicted octanol–water partition coefficient (Wildman–Crippen LogP) is 5.19. The van der Waals surface area contributed by atoms with Crippen molar-refractivity contribution in [2.75, 3.05) is 0 Å². The molecule has 0 unspecified atom stereocenters. The Labute approximate surface area is 155 Å². The van der Waals surface area contributed by atoms with Crippen molar-refractivity contribution in [3.8, 4) is 0 Å². The van der Waals surface area contributed by atoms with Crippen LogP contribution in [0.5, 0.6) is 0 Å². The van der Waals surface area contributed by atoms with Crippen LogP contribution < -0.4 is 0 Å². The fraction of sp³-hybridized carbons (Fsp3) is 0.143. The van der Waals surface area contributed by atoms with Gasteiger partial charge in [0.25, 0.3) is 5.91 Å². The Morgan fingerprint density at radius 1 is 1.12 bits per heavy atom. The Balaban J connectivity index is 1.75. The third-order valence-corrected chi connectivity index (χ3v) is 5.36. The quantitative estimate of drug-likeness (QED) is 0.630. The van der Waals surface area contributed by atoms with Crippen LogP contribution in [-0.2, 0) is 0 Å². The summed E-state index contributed by atoms with van der Waals surface area (Å²) in [5, 5.41) is 7.87. The third-order valence-electron chi connectivity index (χ3n) is 4.50. The molecule has 0 saturated carbocycles.